The molecule has 0 aromatic heterocycles. The molecule has 86 valence electrons. The highest BCUT2D eigenvalue weighted by Gasteiger charge is 2.30. The van der Waals surface area contributed by atoms with Crippen molar-refractivity contribution >= 4 is 11.9 Å². The molecule has 5 heteroatoms. The minimum atomic E-state index is -1.00. The fourth-order valence-electron chi connectivity index (χ4n) is 1.60. The van der Waals surface area contributed by atoms with Gasteiger partial charge in [-0.1, -0.05) is 6.92 Å². The maximum Gasteiger partial charge on any atom is 0.326 e. The normalized spacial score (nSPS) is 27.3. The van der Waals surface area contributed by atoms with Gasteiger partial charge in [-0.05, 0) is 26.2 Å². The van der Waals surface area contributed by atoms with Crippen molar-refractivity contribution in [3.8, 4) is 0 Å². The molecule has 1 saturated heterocycles. The van der Waals surface area contributed by atoms with Crippen LogP contribution < -0.4 is 5.32 Å². The number of carbonyl (C=O) groups excluding carboxylic acids is 1. The van der Waals surface area contributed by atoms with Crippen LogP contribution in [-0.4, -0.2) is 35.2 Å². The standard InChI is InChI=1S/C10H17NO4/c1-3-7(10(13)14)11-9(12)8-5-4-6(2)15-8/h6-8H,3-5H2,1-2H3,(H,11,12)(H,13,14). The minimum Gasteiger partial charge on any atom is -0.480 e. The van der Waals surface area contributed by atoms with E-state index in [0.717, 1.165) is 6.42 Å². The third-order valence-electron chi connectivity index (χ3n) is 2.55. The third-order valence-corrected chi connectivity index (χ3v) is 2.55. The van der Waals surface area contributed by atoms with Crippen LogP contribution >= 0.6 is 0 Å². The van der Waals surface area contributed by atoms with Crippen molar-refractivity contribution in [3.05, 3.63) is 0 Å². The highest BCUT2D eigenvalue weighted by atomic mass is 16.5. The minimum absolute atomic E-state index is 0.0886. The van der Waals surface area contributed by atoms with Gasteiger partial charge in [0.1, 0.15) is 12.1 Å². The quantitative estimate of drug-likeness (QED) is 0.717. The van der Waals surface area contributed by atoms with E-state index in [1.165, 1.54) is 0 Å². The van der Waals surface area contributed by atoms with Crippen molar-refractivity contribution in [2.45, 2.75) is 51.4 Å². The van der Waals surface area contributed by atoms with Crippen LogP contribution in [0, 0.1) is 0 Å². The van der Waals surface area contributed by atoms with Crippen LogP contribution in [0.15, 0.2) is 0 Å². The molecule has 1 fully saturated rings. The molecule has 15 heavy (non-hydrogen) atoms. The van der Waals surface area contributed by atoms with Crippen LogP contribution in [0.1, 0.15) is 33.1 Å². The summed E-state index contributed by atoms with van der Waals surface area (Å²) in [6.07, 6.45) is 1.51. The molecule has 5 nitrogen and oxygen atoms in total. The number of hydrogen-bond donors (Lipinski definition) is 2. The fraction of sp³-hybridized carbons (Fsp3) is 0.800. The lowest BCUT2D eigenvalue weighted by Gasteiger charge is -2.16. The van der Waals surface area contributed by atoms with E-state index in [-0.39, 0.29) is 12.0 Å². The number of amides is 1. The van der Waals surface area contributed by atoms with Crippen LogP contribution in [0.2, 0.25) is 0 Å². The molecule has 1 amide bonds. The smallest absolute Gasteiger partial charge is 0.326 e. The lowest BCUT2D eigenvalue weighted by Crippen LogP contribution is -2.45. The Hall–Kier alpha value is -1.10. The van der Waals surface area contributed by atoms with E-state index in [0.29, 0.717) is 12.8 Å². The van der Waals surface area contributed by atoms with Gasteiger partial charge in [-0.2, -0.15) is 0 Å². The Kier molecular flexibility index (Phi) is 4.08. The monoisotopic (exact) mass is 215 g/mol. The highest BCUT2D eigenvalue weighted by Crippen LogP contribution is 2.19. The first-order valence-electron chi connectivity index (χ1n) is 5.23. The molecule has 0 saturated carbocycles. The molecular weight excluding hydrogens is 198 g/mol. The molecule has 0 aromatic carbocycles. The fourth-order valence-corrected chi connectivity index (χ4v) is 1.60. The third kappa shape index (κ3) is 3.20. The molecule has 2 N–H and O–H groups in total. The number of carboxylic acids is 1. The second-order valence-electron chi connectivity index (χ2n) is 3.82. The summed E-state index contributed by atoms with van der Waals surface area (Å²) in [6, 6.07) is -0.808. The largest absolute Gasteiger partial charge is 0.480 e. The SMILES string of the molecule is CCC(NC(=O)C1CCC(C)O1)C(=O)O. The van der Waals surface area contributed by atoms with Gasteiger partial charge >= 0.3 is 5.97 Å². The molecule has 1 aliphatic rings. The Morgan fingerprint density at radius 3 is 2.60 bits per heavy atom. The van der Waals surface area contributed by atoms with E-state index in [2.05, 4.69) is 5.32 Å². The number of aliphatic carboxylic acids is 1. The Morgan fingerprint density at radius 2 is 2.20 bits per heavy atom. The first-order chi connectivity index (χ1) is 7.04. The van der Waals surface area contributed by atoms with Crippen molar-refractivity contribution in [2.24, 2.45) is 0 Å². The Morgan fingerprint density at radius 1 is 1.53 bits per heavy atom. The van der Waals surface area contributed by atoms with E-state index >= 15 is 0 Å². The second kappa shape index (κ2) is 5.11. The first kappa shape index (κ1) is 12.0. The molecule has 1 heterocycles. The molecule has 0 bridgehead atoms. The zero-order valence-corrected chi connectivity index (χ0v) is 9.03. The number of nitrogens with one attached hydrogen (secondary N) is 1. The van der Waals surface area contributed by atoms with Crippen molar-refractivity contribution in [1.82, 2.24) is 5.32 Å². The Bertz CT molecular complexity index is 254. The molecule has 0 aliphatic carbocycles. The summed E-state index contributed by atoms with van der Waals surface area (Å²) in [6.45, 7) is 3.62. The van der Waals surface area contributed by atoms with Gasteiger partial charge in [-0.25, -0.2) is 4.79 Å². The number of rotatable bonds is 4. The first-order valence-corrected chi connectivity index (χ1v) is 5.23. The number of carboxylic acid groups (broad SMARTS) is 1. The molecule has 1 aliphatic heterocycles. The Labute approximate surface area is 88.8 Å². The van der Waals surface area contributed by atoms with Crippen molar-refractivity contribution in [2.75, 3.05) is 0 Å². The van der Waals surface area contributed by atoms with E-state index < -0.39 is 18.1 Å². The maximum atomic E-state index is 11.6. The van der Waals surface area contributed by atoms with E-state index in [1.54, 1.807) is 6.92 Å². The molecular formula is C10H17NO4. The van der Waals surface area contributed by atoms with Gasteiger partial charge in [-0.3, -0.25) is 4.79 Å². The van der Waals surface area contributed by atoms with Gasteiger partial charge in [0.2, 0.25) is 5.91 Å². The average Bonchev–Trinajstić information content (AvgIpc) is 2.60. The summed E-state index contributed by atoms with van der Waals surface area (Å²) in [4.78, 5) is 22.3. The van der Waals surface area contributed by atoms with Gasteiger partial charge in [0.15, 0.2) is 0 Å². The molecule has 1 rings (SSSR count). The molecule has 3 unspecified atom stereocenters. The number of hydrogen-bond acceptors (Lipinski definition) is 3. The summed E-state index contributed by atoms with van der Waals surface area (Å²) in [7, 11) is 0. The van der Waals surface area contributed by atoms with Crippen molar-refractivity contribution in [1.29, 1.82) is 0 Å². The van der Waals surface area contributed by atoms with Gasteiger partial charge in [0.25, 0.3) is 0 Å². The van der Waals surface area contributed by atoms with Gasteiger partial charge in [-0.15, -0.1) is 0 Å². The zero-order chi connectivity index (χ0) is 11.4. The average molecular weight is 215 g/mol. The van der Waals surface area contributed by atoms with E-state index in [4.69, 9.17) is 9.84 Å². The van der Waals surface area contributed by atoms with Crippen LogP contribution in [0.25, 0.3) is 0 Å². The summed E-state index contributed by atoms with van der Waals surface area (Å²) >= 11 is 0. The summed E-state index contributed by atoms with van der Waals surface area (Å²) < 4.78 is 5.34. The van der Waals surface area contributed by atoms with Crippen LogP contribution in [0.5, 0.6) is 0 Å². The van der Waals surface area contributed by atoms with Crippen LogP contribution in [0.3, 0.4) is 0 Å². The van der Waals surface area contributed by atoms with Crippen LogP contribution in [-0.2, 0) is 14.3 Å². The molecule has 0 aromatic rings. The summed E-state index contributed by atoms with van der Waals surface area (Å²) in [5, 5.41) is 11.2. The number of ether oxygens (including phenoxy) is 1. The van der Waals surface area contributed by atoms with Gasteiger partial charge in [0, 0.05) is 0 Å². The number of carbonyl (C=O) groups is 2. The van der Waals surface area contributed by atoms with E-state index in [1.807, 2.05) is 6.92 Å². The van der Waals surface area contributed by atoms with Crippen molar-refractivity contribution < 1.29 is 19.4 Å². The van der Waals surface area contributed by atoms with Crippen LogP contribution in [0.4, 0.5) is 0 Å². The van der Waals surface area contributed by atoms with Gasteiger partial charge in [0.05, 0.1) is 6.10 Å². The lowest BCUT2D eigenvalue weighted by molar-refractivity contribution is -0.144. The van der Waals surface area contributed by atoms with Crippen molar-refractivity contribution in [3.63, 3.8) is 0 Å². The maximum absolute atomic E-state index is 11.6. The van der Waals surface area contributed by atoms with Gasteiger partial charge < -0.3 is 15.2 Å². The van der Waals surface area contributed by atoms with E-state index in [9.17, 15) is 9.59 Å². The molecule has 0 spiro atoms. The summed E-state index contributed by atoms with van der Waals surface area (Å²) in [5.41, 5.74) is 0. The Balaban J connectivity index is 2.44. The molecule has 3 atom stereocenters. The second-order valence-corrected chi connectivity index (χ2v) is 3.82. The topological polar surface area (TPSA) is 75.6 Å². The predicted molar refractivity (Wildman–Crippen MR) is 53.4 cm³/mol. The molecule has 0 radical (unpaired) electrons. The highest BCUT2D eigenvalue weighted by molar-refractivity contribution is 5.86. The summed E-state index contributed by atoms with van der Waals surface area (Å²) in [5.74, 6) is -1.31. The predicted octanol–water partition coefficient (Wildman–Crippen LogP) is 0.533. The lowest BCUT2D eigenvalue weighted by atomic mass is 10.1. The zero-order valence-electron chi connectivity index (χ0n) is 9.03.